The van der Waals surface area contributed by atoms with Crippen LogP contribution in [0.25, 0.3) is 5.57 Å². The van der Waals surface area contributed by atoms with Gasteiger partial charge in [-0.3, -0.25) is 14.4 Å². The Morgan fingerprint density at radius 2 is 2.03 bits per heavy atom. The molecule has 1 fully saturated rings. The number of aliphatic hydroxyl groups excluding tert-OH is 1. The highest BCUT2D eigenvalue weighted by atomic mass is 16.3. The van der Waals surface area contributed by atoms with Gasteiger partial charge in [-0.1, -0.05) is 19.9 Å². The topological polar surface area (TPSA) is 91.6 Å². The summed E-state index contributed by atoms with van der Waals surface area (Å²) in [6, 6.07) is 2.90. The van der Waals surface area contributed by atoms with Crippen molar-refractivity contribution in [2.45, 2.75) is 71.0 Å². The van der Waals surface area contributed by atoms with Crippen LogP contribution in [0, 0.1) is 11.8 Å². The number of aliphatic hydroxyl groups is 1. The number of hydrogen-bond acceptors (Lipinski definition) is 4. The van der Waals surface area contributed by atoms with Crippen molar-refractivity contribution in [2.24, 2.45) is 11.8 Å². The highest BCUT2D eigenvalue weighted by Gasteiger charge is 2.57. The number of pyridine rings is 1. The zero-order valence-corrected chi connectivity index (χ0v) is 18.5. The van der Waals surface area contributed by atoms with Crippen molar-refractivity contribution in [1.29, 1.82) is 0 Å². The van der Waals surface area contributed by atoms with Gasteiger partial charge in [-0.2, -0.15) is 0 Å². The van der Waals surface area contributed by atoms with Crippen LogP contribution in [0.4, 0.5) is 0 Å². The maximum Gasteiger partial charge on any atom is 0.258 e. The van der Waals surface area contributed by atoms with E-state index in [4.69, 9.17) is 0 Å². The smallest absolute Gasteiger partial charge is 0.258 e. The Hall–Kier alpha value is -2.41. The zero-order valence-electron chi connectivity index (χ0n) is 18.5. The minimum absolute atomic E-state index is 0.0444. The molecule has 7 heteroatoms. The van der Waals surface area contributed by atoms with E-state index in [2.05, 4.69) is 11.4 Å². The van der Waals surface area contributed by atoms with Gasteiger partial charge in [0.1, 0.15) is 0 Å². The molecule has 2 amide bonds. The van der Waals surface area contributed by atoms with E-state index in [-0.39, 0.29) is 30.0 Å². The summed E-state index contributed by atoms with van der Waals surface area (Å²) in [4.78, 5) is 41.3. The first-order valence-corrected chi connectivity index (χ1v) is 11.7. The number of rotatable bonds is 6. The standard InChI is InChI=1S/C24H33N3O4/c1-3-12-25-23(30)21-17(14-28)19-13-26-18(22(21)27(19)20(29)4-2)11-10-16(24(26)31)15-8-6-5-7-9-15/h8,10-11,17,19,21-22,28H,3-7,9,12-14H2,1-2H3,(H,25,30)/t17-,19-,21+,22+/m1/s1. The molecule has 0 saturated carbocycles. The van der Waals surface area contributed by atoms with E-state index in [0.29, 0.717) is 25.2 Å². The molecule has 0 aromatic carbocycles. The van der Waals surface area contributed by atoms with E-state index in [0.717, 1.165) is 43.2 Å². The fraction of sp³-hybridized carbons (Fsp3) is 0.625. The highest BCUT2D eigenvalue weighted by molar-refractivity contribution is 5.84. The van der Waals surface area contributed by atoms with Crippen molar-refractivity contribution >= 4 is 17.4 Å². The number of allylic oxidation sites excluding steroid dienone is 2. The Morgan fingerprint density at radius 3 is 2.68 bits per heavy atom. The summed E-state index contributed by atoms with van der Waals surface area (Å²) in [5, 5.41) is 13.2. The average molecular weight is 428 g/mol. The summed E-state index contributed by atoms with van der Waals surface area (Å²) in [7, 11) is 0. The van der Waals surface area contributed by atoms with Gasteiger partial charge in [0, 0.05) is 43.3 Å². The van der Waals surface area contributed by atoms with Gasteiger partial charge >= 0.3 is 0 Å². The van der Waals surface area contributed by atoms with Gasteiger partial charge in [-0.15, -0.1) is 0 Å². The lowest BCUT2D eigenvalue weighted by molar-refractivity contribution is -0.136. The molecular formula is C24H33N3O4. The number of carbonyl (C=O) groups excluding carboxylic acids is 2. The molecule has 31 heavy (non-hydrogen) atoms. The summed E-state index contributed by atoms with van der Waals surface area (Å²) in [6.45, 7) is 4.47. The quantitative estimate of drug-likeness (QED) is 0.728. The fourth-order valence-electron chi connectivity index (χ4n) is 5.62. The second-order valence-electron chi connectivity index (χ2n) is 8.89. The maximum absolute atomic E-state index is 13.5. The minimum atomic E-state index is -0.565. The molecule has 0 unspecified atom stereocenters. The molecule has 0 radical (unpaired) electrons. The molecule has 3 aliphatic rings. The van der Waals surface area contributed by atoms with Crippen LogP contribution < -0.4 is 10.9 Å². The van der Waals surface area contributed by atoms with E-state index >= 15 is 0 Å². The van der Waals surface area contributed by atoms with Gasteiger partial charge in [0.15, 0.2) is 0 Å². The van der Waals surface area contributed by atoms with Gasteiger partial charge in [0.05, 0.1) is 18.0 Å². The molecule has 0 spiro atoms. The van der Waals surface area contributed by atoms with Crippen molar-refractivity contribution in [3.8, 4) is 0 Å². The van der Waals surface area contributed by atoms with Gasteiger partial charge in [-0.25, -0.2) is 0 Å². The fourth-order valence-corrected chi connectivity index (χ4v) is 5.62. The van der Waals surface area contributed by atoms with Crippen LogP contribution in [0.3, 0.4) is 0 Å². The summed E-state index contributed by atoms with van der Waals surface area (Å²) >= 11 is 0. The van der Waals surface area contributed by atoms with Crippen LogP contribution in [-0.4, -0.2) is 45.6 Å². The second-order valence-corrected chi connectivity index (χ2v) is 8.89. The zero-order chi connectivity index (χ0) is 22.1. The molecule has 1 aromatic heterocycles. The number of hydrogen-bond donors (Lipinski definition) is 2. The largest absolute Gasteiger partial charge is 0.396 e. The number of carbonyl (C=O) groups is 2. The molecule has 2 N–H and O–H groups in total. The molecule has 168 valence electrons. The molecular weight excluding hydrogens is 394 g/mol. The minimum Gasteiger partial charge on any atom is -0.396 e. The monoisotopic (exact) mass is 427 g/mol. The van der Waals surface area contributed by atoms with E-state index in [9.17, 15) is 19.5 Å². The summed E-state index contributed by atoms with van der Waals surface area (Å²) in [5.74, 6) is -1.15. The Bertz CT molecular complexity index is 951. The Labute approximate surface area is 183 Å². The van der Waals surface area contributed by atoms with Crippen LogP contribution in [0.1, 0.15) is 69.7 Å². The molecule has 3 heterocycles. The Morgan fingerprint density at radius 1 is 1.23 bits per heavy atom. The molecule has 1 aliphatic carbocycles. The normalized spacial score (nSPS) is 26.9. The third-order valence-corrected chi connectivity index (χ3v) is 7.12. The first-order valence-electron chi connectivity index (χ1n) is 11.7. The maximum atomic E-state index is 13.5. The van der Waals surface area contributed by atoms with Crippen molar-refractivity contribution in [3.05, 3.63) is 39.8 Å². The van der Waals surface area contributed by atoms with Gasteiger partial charge < -0.3 is 19.9 Å². The molecule has 4 atom stereocenters. The van der Waals surface area contributed by atoms with E-state index in [1.165, 1.54) is 0 Å². The molecule has 1 saturated heterocycles. The van der Waals surface area contributed by atoms with Crippen molar-refractivity contribution in [1.82, 2.24) is 14.8 Å². The summed E-state index contributed by atoms with van der Waals surface area (Å²) in [6.07, 6.45) is 7.43. The number of amides is 2. The summed E-state index contributed by atoms with van der Waals surface area (Å²) in [5.41, 5.74) is 2.49. The lowest BCUT2D eigenvalue weighted by atomic mass is 9.86. The molecule has 1 aromatic rings. The molecule has 4 rings (SSSR count). The van der Waals surface area contributed by atoms with Crippen molar-refractivity contribution < 1.29 is 14.7 Å². The molecule has 2 bridgehead atoms. The summed E-state index contributed by atoms with van der Waals surface area (Å²) < 4.78 is 1.76. The third-order valence-electron chi connectivity index (χ3n) is 7.12. The van der Waals surface area contributed by atoms with Crippen LogP contribution in [0.15, 0.2) is 23.0 Å². The predicted molar refractivity (Wildman–Crippen MR) is 118 cm³/mol. The van der Waals surface area contributed by atoms with Crippen LogP contribution in [0.5, 0.6) is 0 Å². The highest BCUT2D eigenvalue weighted by Crippen LogP contribution is 2.48. The molecule has 7 nitrogen and oxygen atoms in total. The third kappa shape index (κ3) is 3.63. The lowest BCUT2D eigenvalue weighted by Gasteiger charge is -2.38. The van der Waals surface area contributed by atoms with Crippen molar-refractivity contribution in [3.63, 3.8) is 0 Å². The first kappa shape index (κ1) is 21.8. The van der Waals surface area contributed by atoms with Crippen LogP contribution in [-0.2, 0) is 16.1 Å². The van der Waals surface area contributed by atoms with Gasteiger partial charge in [-0.05, 0) is 49.8 Å². The van der Waals surface area contributed by atoms with Crippen molar-refractivity contribution in [2.75, 3.05) is 13.2 Å². The number of fused-ring (bicyclic) bond motifs is 4. The predicted octanol–water partition coefficient (Wildman–Crippen LogP) is 2.23. The van der Waals surface area contributed by atoms with E-state index in [1.54, 1.807) is 9.47 Å². The van der Waals surface area contributed by atoms with E-state index in [1.807, 2.05) is 26.0 Å². The van der Waals surface area contributed by atoms with Gasteiger partial charge in [0.2, 0.25) is 11.8 Å². The first-order chi connectivity index (χ1) is 15.0. The second kappa shape index (κ2) is 8.99. The van der Waals surface area contributed by atoms with Gasteiger partial charge in [0.25, 0.3) is 5.56 Å². The van der Waals surface area contributed by atoms with Crippen LogP contribution in [0.2, 0.25) is 0 Å². The van der Waals surface area contributed by atoms with Crippen LogP contribution >= 0.6 is 0 Å². The SMILES string of the molecule is CCCNC(=O)[C@H]1[C@H](CO)[C@H]2Cn3c(ccc(C4=CCCCC4)c3=O)[C@@H]1N2C(=O)CC. The number of nitrogens with zero attached hydrogens (tertiary/aromatic N) is 2. The Kier molecular flexibility index (Phi) is 6.32. The van der Waals surface area contributed by atoms with E-state index < -0.39 is 17.9 Å². The number of aromatic nitrogens is 1. The number of nitrogens with one attached hydrogen (secondary N) is 1. The average Bonchev–Trinajstić information content (AvgIpc) is 3.04. The lowest BCUT2D eigenvalue weighted by Crippen LogP contribution is -2.49. The Balaban J connectivity index is 1.81. The molecule has 2 aliphatic heterocycles.